The van der Waals surface area contributed by atoms with E-state index < -0.39 is 17.7 Å². The highest BCUT2D eigenvalue weighted by molar-refractivity contribution is 6.46. The van der Waals surface area contributed by atoms with Gasteiger partial charge >= 0.3 is 0 Å². The van der Waals surface area contributed by atoms with Crippen molar-refractivity contribution in [3.63, 3.8) is 0 Å². The molecular formula is C26H31NO6. The Morgan fingerprint density at radius 2 is 1.64 bits per heavy atom. The SMILES string of the molecule is CCCN1C(=O)C(=O)/C(=C(\O)c2ccc(OCC)c(C)c2)C1c1ccc(OCC)c(OC)c1. The summed E-state index contributed by atoms with van der Waals surface area (Å²) in [5.41, 5.74) is 1.99. The minimum absolute atomic E-state index is 0.0585. The molecule has 0 aliphatic carbocycles. The molecule has 3 rings (SSSR count). The van der Waals surface area contributed by atoms with Gasteiger partial charge in [-0.3, -0.25) is 9.59 Å². The van der Waals surface area contributed by atoms with Gasteiger partial charge in [0.2, 0.25) is 0 Å². The highest BCUT2D eigenvalue weighted by Gasteiger charge is 2.45. The number of amides is 1. The Kier molecular flexibility index (Phi) is 7.63. The molecule has 2 aromatic rings. The Morgan fingerprint density at radius 1 is 0.970 bits per heavy atom. The van der Waals surface area contributed by atoms with E-state index in [-0.39, 0.29) is 11.3 Å². The highest BCUT2D eigenvalue weighted by atomic mass is 16.5. The molecule has 1 N–H and O–H groups in total. The van der Waals surface area contributed by atoms with Crippen LogP contribution in [0.5, 0.6) is 17.2 Å². The van der Waals surface area contributed by atoms with Gasteiger partial charge in [0.1, 0.15) is 11.5 Å². The third-order valence-corrected chi connectivity index (χ3v) is 5.56. The molecule has 1 atom stereocenters. The van der Waals surface area contributed by atoms with Crippen LogP contribution in [0, 0.1) is 6.92 Å². The van der Waals surface area contributed by atoms with Crippen molar-refractivity contribution < 1.29 is 28.9 Å². The lowest BCUT2D eigenvalue weighted by molar-refractivity contribution is -0.139. The maximum atomic E-state index is 13.1. The van der Waals surface area contributed by atoms with E-state index in [9.17, 15) is 14.7 Å². The lowest BCUT2D eigenvalue weighted by Crippen LogP contribution is -2.30. The largest absolute Gasteiger partial charge is 0.507 e. The number of benzene rings is 2. The van der Waals surface area contributed by atoms with E-state index in [1.54, 1.807) is 36.4 Å². The van der Waals surface area contributed by atoms with Gasteiger partial charge in [0.05, 0.1) is 31.9 Å². The van der Waals surface area contributed by atoms with Crippen LogP contribution >= 0.6 is 0 Å². The number of ether oxygens (including phenoxy) is 3. The quantitative estimate of drug-likeness (QED) is 0.338. The summed E-state index contributed by atoms with van der Waals surface area (Å²) in [7, 11) is 1.54. The summed E-state index contributed by atoms with van der Waals surface area (Å²) in [5.74, 6) is 0.222. The van der Waals surface area contributed by atoms with Crippen LogP contribution in [0.15, 0.2) is 42.0 Å². The summed E-state index contributed by atoms with van der Waals surface area (Å²) < 4.78 is 16.7. The number of carbonyl (C=O) groups excluding carboxylic acids is 2. The van der Waals surface area contributed by atoms with Gasteiger partial charge in [-0.05, 0) is 68.7 Å². The van der Waals surface area contributed by atoms with E-state index in [2.05, 4.69) is 0 Å². The summed E-state index contributed by atoms with van der Waals surface area (Å²) in [5, 5.41) is 11.2. The summed E-state index contributed by atoms with van der Waals surface area (Å²) in [6.45, 7) is 8.95. The molecule has 1 aliphatic heterocycles. The summed E-state index contributed by atoms with van der Waals surface area (Å²) >= 11 is 0. The van der Waals surface area contributed by atoms with Gasteiger partial charge in [-0.1, -0.05) is 13.0 Å². The maximum absolute atomic E-state index is 13.1. The number of aryl methyl sites for hydroxylation is 1. The number of methoxy groups -OCH3 is 1. The van der Waals surface area contributed by atoms with Crippen LogP contribution < -0.4 is 14.2 Å². The first-order chi connectivity index (χ1) is 15.9. The average Bonchev–Trinajstić information content (AvgIpc) is 3.05. The lowest BCUT2D eigenvalue weighted by Gasteiger charge is -2.25. The van der Waals surface area contributed by atoms with Crippen molar-refractivity contribution in [1.29, 1.82) is 0 Å². The van der Waals surface area contributed by atoms with Crippen molar-refractivity contribution in [2.75, 3.05) is 26.9 Å². The molecule has 1 fully saturated rings. The van der Waals surface area contributed by atoms with Crippen molar-refractivity contribution in [2.45, 2.75) is 40.2 Å². The number of likely N-dealkylation sites (tertiary alicyclic amines) is 1. The second-order valence-corrected chi connectivity index (χ2v) is 7.75. The number of aliphatic hydroxyl groups is 1. The molecule has 0 saturated carbocycles. The summed E-state index contributed by atoms with van der Waals surface area (Å²) in [6.07, 6.45) is 0.667. The van der Waals surface area contributed by atoms with Crippen molar-refractivity contribution in [1.82, 2.24) is 4.90 Å². The molecule has 2 aromatic carbocycles. The van der Waals surface area contributed by atoms with Gasteiger partial charge in [0.15, 0.2) is 11.5 Å². The Bertz CT molecular complexity index is 1070. The first-order valence-corrected chi connectivity index (χ1v) is 11.2. The fraction of sp³-hybridized carbons (Fsp3) is 0.385. The maximum Gasteiger partial charge on any atom is 0.295 e. The van der Waals surface area contributed by atoms with Gasteiger partial charge < -0.3 is 24.2 Å². The number of hydrogen-bond acceptors (Lipinski definition) is 6. The molecule has 176 valence electrons. The molecule has 1 saturated heterocycles. The first kappa shape index (κ1) is 24.2. The summed E-state index contributed by atoms with van der Waals surface area (Å²) in [6, 6.07) is 9.77. The Labute approximate surface area is 194 Å². The predicted octanol–water partition coefficient (Wildman–Crippen LogP) is 4.63. The molecule has 0 radical (unpaired) electrons. The lowest BCUT2D eigenvalue weighted by atomic mass is 9.94. The van der Waals surface area contributed by atoms with Gasteiger partial charge in [-0.15, -0.1) is 0 Å². The third kappa shape index (κ3) is 4.67. The van der Waals surface area contributed by atoms with Gasteiger partial charge in [0, 0.05) is 12.1 Å². The number of carbonyl (C=O) groups is 2. The van der Waals surface area contributed by atoms with Crippen LogP contribution in [0.3, 0.4) is 0 Å². The highest BCUT2D eigenvalue weighted by Crippen LogP contribution is 2.42. The van der Waals surface area contributed by atoms with Crippen molar-refractivity contribution in [3.8, 4) is 17.2 Å². The van der Waals surface area contributed by atoms with Crippen LogP contribution in [0.25, 0.3) is 5.76 Å². The number of rotatable bonds is 9. The zero-order valence-electron chi connectivity index (χ0n) is 19.8. The van der Waals surface area contributed by atoms with E-state index in [4.69, 9.17) is 14.2 Å². The minimum Gasteiger partial charge on any atom is -0.507 e. The fourth-order valence-electron chi connectivity index (χ4n) is 4.10. The molecule has 1 amide bonds. The smallest absolute Gasteiger partial charge is 0.295 e. The Morgan fingerprint density at radius 3 is 2.24 bits per heavy atom. The van der Waals surface area contributed by atoms with Crippen LogP contribution in [0.4, 0.5) is 0 Å². The Hall–Kier alpha value is -3.48. The number of Topliss-reactive ketones (excluding diaryl/α,β-unsaturated/α-hetero) is 1. The van der Waals surface area contributed by atoms with E-state index in [0.717, 1.165) is 5.56 Å². The molecular weight excluding hydrogens is 422 g/mol. The van der Waals surface area contributed by atoms with E-state index >= 15 is 0 Å². The van der Waals surface area contributed by atoms with Gasteiger partial charge in [-0.2, -0.15) is 0 Å². The van der Waals surface area contributed by atoms with E-state index in [1.165, 1.54) is 12.0 Å². The summed E-state index contributed by atoms with van der Waals surface area (Å²) in [4.78, 5) is 27.5. The fourth-order valence-corrected chi connectivity index (χ4v) is 4.10. The van der Waals surface area contributed by atoms with E-state index in [1.807, 2.05) is 27.7 Å². The molecule has 0 spiro atoms. The zero-order valence-corrected chi connectivity index (χ0v) is 19.8. The van der Waals surface area contributed by atoms with Crippen LogP contribution in [0.2, 0.25) is 0 Å². The minimum atomic E-state index is -0.735. The van der Waals surface area contributed by atoms with Gasteiger partial charge in [0.25, 0.3) is 11.7 Å². The van der Waals surface area contributed by atoms with Crippen LogP contribution in [-0.2, 0) is 9.59 Å². The molecule has 1 heterocycles. The normalized spacial score (nSPS) is 17.4. The van der Waals surface area contributed by atoms with Crippen LogP contribution in [-0.4, -0.2) is 48.6 Å². The van der Waals surface area contributed by atoms with Crippen molar-refractivity contribution >= 4 is 17.4 Å². The molecule has 1 aliphatic rings. The average molecular weight is 454 g/mol. The third-order valence-electron chi connectivity index (χ3n) is 5.56. The standard InChI is InChI=1S/C26H31NO6/c1-6-13-27-23(17-9-12-20(33-8-3)21(15-17)31-5)22(25(29)26(27)30)24(28)18-10-11-19(32-7-2)16(4)14-18/h9-12,14-15,23,28H,6-8,13H2,1-5H3/b24-22-. The van der Waals surface area contributed by atoms with Crippen molar-refractivity contribution in [2.24, 2.45) is 0 Å². The number of aliphatic hydroxyl groups excluding tert-OH is 1. The number of hydrogen-bond donors (Lipinski definition) is 1. The molecule has 0 aromatic heterocycles. The van der Waals surface area contributed by atoms with Gasteiger partial charge in [-0.25, -0.2) is 0 Å². The second-order valence-electron chi connectivity index (χ2n) is 7.75. The number of nitrogens with zero attached hydrogens (tertiary/aromatic N) is 1. The number of ketones is 1. The molecule has 1 unspecified atom stereocenters. The van der Waals surface area contributed by atoms with Crippen LogP contribution in [0.1, 0.15) is 49.9 Å². The molecule has 0 bridgehead atoms. The Balaban J connectivity index is 2.17. The second kappa shape index (κ2) is 10.4. The molecule has 7 nitrogen and oxygen atoms in total. The first-order valence-electron chi connectivity index (χ1n) is 11.2. The topological polar surface area (TPSA) is 85.3 Å². The monoisotopic (exact) mass is 453 g/mol. The predicted molar refractivity (Wildman–Crippen MR) is 126 cm³/mol. The van der Waals surface area contributed by atoms with Crippen molar-refractivity contribution in [3.05, 3.63) is 58.7 Å². The molecule has 33 heavy (non-hydrogen) atoms. The van der Waals surface area contributed by atoms with E-state index in [0.29, 0.717) is 54.6 Å². The molecule has 7 heteroatoms. The zero-order chi connectivity index (χ0) is 24.1.